The summed E-state index contributed by atoms with van der Waals surface area (Å²) in [5.74, 6) is 0.192. The van der Waals surface area contributed by atoms with E-state index >= 15 is 0 Å². The molecule has 3 aromatic rings. The second kappa shape index (κ2) is 7.11. The topological polar surface area (TPSA) is 80.3 Å². The maximum absolute atomic E-state index is 13.1. The lowest BCUT2D eigenvalue weighted by molar-refractivity contribution is 0.0933. The molecule has 0 radical (unpaired) electrons. The first-order valence-electron chi connectivity index (χ1n) is 9.52. The minimum absolute atomic E-state index is 0.0155. The number of ketones is 1. The highest BCUT2D eigenvalue weighted by Gasteiger charge is 2.35. The highest BCUT2D eigenvalue weighted by molar-refractivity contribution is 7.99. The number of rotatable bonds is 2. The number of fused-ring (bicyclic) bond motifs is 3. The molecule has 0 bridgehead atoms. The second-order valence-corrected chi connectivity index (χ2v) is 10.3. The van der Waals surface area contributed by atoms with E-state index in [-0.39, 0.29) is 44.2 Å². The van der Waals surface area contributed by atoms with Gasteiger partial charge in [0.15, 0.2) is 5.78 Å². The van der Waals surface area contributed by atoms with Crippen molar-refractivity contribution in [2.45, 2.75) is 27.1 Å². The predicted octanol–water partition coefficient (Wildman–Crippen LogP) is 4.03. The molecule has 1 N–H and O–H groups in total. The number of amides is 1. The Kier molecular flexibility index (Phi) is 4.52. The van der Waals surface area contributed by atoms with Gasteiger partial charge in [0.25, 0.3) is 5.91 Å². The molecule has 0 saturated heterocycles. The van der Waals surface area contributed by atoms with Crippen LogP contribution in [0, 0.1) is 0 Å². The summed E-state index contributed by atoms with van der Waals surface area (Å²) in [6.45, 7) is 0. The van der Waals surface area contributed by atoms with Crippen LogP contribution in [0.5, 0.6) is 0 Å². The molecular formula is C23H17NO4S2. The summed E-state index contributed by atoms with van der Waals surface area (Å²) in [6, 6.07) is 18.2. The minimum atomic E-state index is -3.88. The van der Waals surface area contributed by atoms with Gasteiger partial charge in [-0.15, -0.1) is 11.8 Å². The molecular weight excluding hydrogens is 418 g/mol. The van der Waals surface area contributed by atoms with Gasteiger partial charge in [0, 0.05) is 27.3 Å². The van der Waals surface area contributed by atoms with Crippen LogP contribution < -0.4 is 5.32 Å². The van der Waals surface area contributed by atoms with E-state index < -0.39 is 9.84 Å². The first-order valence-corrected chi connectivity index (χ1v) is 12.0. The lowest BCUT2D eigenvalue weighted by atomic mass is 10.00. The van der Waals surface area contributed by atoms with Gasteiger partial charge in [-0.1, -0.05) is 30.3 Å². The molecule has 5 rings (SSSR count). The predicted molar refractivity (Wildman–Crippen MR) is 114 cm³/mol. The SMILES string of the molecule is O=C(N[C@H]1CCSc2ccccc21)c1ccc2c(c1)S(=O)(=O)c1ccccc1C2=O. The Morgan fingerprint density at radius 3 is 2.53 bits per heavy atom. The van der Waals surface area contributed by atoms with E-state index in [1.807, 2.05) is 24.3 Å². The summed E-state index contributed by atoms with van der Waals surface area (Å²) < 4.78 is 26.2. The number of benzene rings is 3. The summed E-state index contributed by atoms with van der Waals surface area (Å²) in [5.41, 5.74) is 1.56. The first-order chi connectivity index (χ1) is 14.5. The molecule has 0 spiro atoms. The van der Waals surface area contributed by atoms with E-state index in [1.165, 1.54) is 30.3 Å². The van der Waals surface area contributed by atoms with Crippen molar-refractivity contribution in [2.75, 3.05) is 5.75 Å². The van der Waals surface area contributed by atoms with Crippen molar-refractivity contribution in [3.8, 4) is 0 Å². The molecule has 5 nitrogen and oxygen atoms in total. The Labute approximate surface area is 178 Å². The molecule has 150 valence electrons. The van der Waals surface area contributed by atoms with Crippen LogP contribution in [0.2, 0.25) is 0 Å². The number of hydrogen-bond donors (Lipinski definition) is 1. The fourth-order valence-corrected chi connectivity index (χ4v) is 6.76. The molecule has 0 aromatic heterocycles. The summed E-state index contributed by atoms with van der Waals surface area (Å²) in [7, 11) is -3.88. The van der Waals surface area contributed by atoms with Crippen molar-refractivity contribution >= 4 is 33.3 Å². The van der Waals surface area contributed by atoms with Crippen molar-refractivity contribution in [1.29, 1.82) is 0 Å². The normalized spacial score (nSPS) is 18.7. The summed E-state index contributed by atoms with van der Waals surface area (Å²) in [5, 5.41) is 3.02. The Morgan fingerprint density at radius 1 is 0.933 bits per heavy atom. The van der Waals surface area contributed by atoms with Crippen LogP contribution in [0.4, 0.5) is 0 Å². The van der Waals surface area contributed by atoms with Gasteiger partial charge >= 0.3 is 0 Å². The largest absolute Gasteiger partial charge is 0.345 e. The third kappa shape index (κ3) is 2.97. The van der Waals surface area contributed by atoms with Crippen LogP contribution in [0.25, 0.3) is 0 Å². The number of carbonyl (C=O) groups is 2. The zero-order valence-electron chi connectivity index (χ0n) is 15.8. The Hall–Kier alpha value is -2.90. The van der Waals surface area contributed by atoms with E-state index in [1.54, 1.807) is 23.9 Å². The number of carbonyl (C=O) groups excluding carboxylic acids is 2. The standard InChI is InChI=1S/C23H17NO4S2/c25-22-16-6-2-4-8-20(16)30(27,28)21-13-14(9-10-17(21)22)23(26)24-18-11-12-29-19-7-3-1-5-15(18)19/h1-10,13,18H,11-12H2,(H,24,26)/t18-/m0/s1. The molecule has 2 aliphatic heterocycles. The molecule has 2 heterocycles. The molecule has 0 aliphatic carbocycles. The lowest BCUT2D eigenvalue weighted by Gasteiger charge is -2.26. The monoisotopic (exact) mass is 435 g/mol. The molecule has 0 unspecified atom stereocenters. The van der Waals surface area contributed by atoms with Crippen LogP contribution in [0.1, 0.15) is 44.3 Å². The van der Waals surface area contributed by atoms with Gasteiger partial charge in [-0.25, -0.2) is 8.42 Å². The Bertz CT molecular complexity index is 1310. The van der Waals surface area contributed by atoms with Crippen molar-refractivity contribution in [2.24, 2.45) is 0 Å². The maximum Gasteiger partial charge on any atom is 0.251 e. The third-order valence-electron chi connectivity index (χ3n) is 5.46. The molecule has 2 aliphatic rings. The van der Waals surface area contributed by atoms with Crippen LogP contribution in [-0.4, -0.2) is 25.9 Å². The average Bonchev–Trinajstić information content (AvgIpc) is 2.78. The average molecular weight is 436 g/mol. The summed E-state index contributed by atoms with van der Waals surface area (Å²) in [6.07, 6.45) is 0.794. The zero-order chi connectivity index (χ0) is 20.9. The number of thioether (sulfide) groups is 1. The molecule has 3 aromatic carbocycles. The smallest absolute Gasteiger partial charge is 0.251 e. The van der Waals surface area contributed by atoms with Crippen molar-refractivity contribution < 1.29 is 18.0 Å². The fraction of sp³-hybridized carbons (Fsp3) is 0.130. The van der Waals surface area contributed by atoms with E-state index in [0.29, 0.717) is 0 Å². The van der Waals surface area contributed by atoms with Crippen LogP contribution >= 0.6 is 11.8 Å². The van der Waals surface area contributed by atoms with Crippen LogP contribution in [-0.2, 0) is 9.84 Å². The van der Waals surface area contributed by atoms with Gasteiger partial charge in [0.2, 0.25) is 9.84 Å². The van der Waals surface area contributed by atoms with Crippen molar-refractivity contribution in [1.82, 2.24) is 5.32 Å². The van der Waals surface area contributed by atoms with Crippen LogP contribution in [0.15, 0.2) is 81.4 Å². The zero-order valence-corrected chi connectivity index (χ0v) is 17.4. The van der Waals surface area contributed by atoms with Crippen LogP contribution in [0.3, 0.4) is 0 Å². The highest BCUT2D eigenvalue weighted by Crippen LogP contribution is 2.37. The fourth-order valence-electron chi connectivity index (χ4n) is 3.96. The third-order valence-corrected chi connectivity index (χ3v) is 8.44. The molecule has 1 amide bonds. The molecule has 30 heavy (non-hydrogen) atoms. The highest BCUT2D eigenvalue weighted by atomic mass is 32.2. The van der Waals surface area contributed by atoms with E-state index in [9.17, 15) is 18.0 Å². The summed E-state index contributed by atoms with van der Waals surface area (Å²) in [4.78, 5) is 26.7. The number of hydrogen-bond acceptors (Lipinski definition) is 5. The second-order valence-electron chi connectivity index (χ2n) is 7.24. The van der Waals surface area contributed by atoms with E-state index in [2.05, 4.69) is 5.32 Å². The molecule has 1 atom stereocenters. The van der Waals surface area contributed by atoms with Gasteiger partial charge in [-0.2, -0.15) is 0 Å². The van der Waals surface area contributed by atoms with E-state index in [0.717, 1.165) is 22.6 Å². The summed E-state index contributed by atoms with van der Waals surface area (Å²) >= 11 is 1.76. The van der Waals surface area contributed by atoms with Crippen molar-refractivity contribution in [3.05, 3.63) is 89.0 Å². The van der Waals surface area contributed by atoms with Gasteiger partial charge in [-0.3, -0.25) is 9.59 Å². The van der Waals surface area contributed by atoms with Gasteiger partial charge in [-0.05, 0) is 48.4 Å². The lowest BCUT2D eigenvalue weighted by Crippen LogP contribution is -2.31. The number of nitrogens with one attached hydrogen (secondary N) is 1. The first kappa shape index (κ1) is 19.1. The number of sulfone groups is 1. The Morgan fingerprint density at radius 2 is 1.67 bits per heavy atom. The molecule has 7 heteroatoms. The molecule has 0 fully saturated rings. The maximum atomic E-state index is 13.1. The molecule has 0 saturated carbocycles. The van der Waals surface area contributed by atoms with Gasteiger partial charge in [0.05, 0.1) is 15.8 Å². The van der Waals surface area contributed by atoms with Crippen molar-refractivity contribution in [3.63, 3.8) is 0 Å². The quantitative estimate of drug-likeness (QED) is 0.514. The van der Waals surface area contributed by atoms with Gasteiger partial charge < -0.3 is 5.32 Å². The minimum Gasteiger partial charge on any atom is -0.345 e. The van der Waals surface area contributed by atoms with Gasteiger partial charge in [0.1, 0.15) is 0 Å². The van der Waals surface area contributed by atoms with E-state index in [4.69, 9.17) is 0 Å². The Balaban J connectivity index is 1.50.